The topological polar surface area (TPSA) is 605 Å². The molecule has 0 aromatic carbocycles. The fourth-order valence-electron chi connectivity index (χ4n) is 11.1. The number of aliphatic imine (C=N–C) groups is 2. The highest BCUT2D eigenvalue weighted by molar-refractivity contribution is 6.00. The maximum atomic E-state index is 14.5. The fourth-order valence-corrected chi connectivity index (χ4v) is 11.1. The van der Waals surface area contributed by atoms with Crippen LogP contribution in [0.1, 0.15) is 195 Å². The Morgan fingerprint density at radius 2 is 0.565 bits per heavy atom. The van der Waals surface area contributed by atoms with Gasteiger partial charge in [-0.25, -0.2) is 0 Å². The first kappa shape index (κ1) is 98.6. The molecule has 0 aromatic rings. The molecule has 15 amide bonds. The van der Waals surface area contributed by atoms with Crippen LogP contribution in [0.15, 0.2) is 9.98 Å². The minimum absolute atomic E-state index is 0.0198. The molecule has 0 aliphatic heterocycles. The number of carbonyl (C=O) groups is 15. The maximum Gasteiger partial charge on any atom is 0.243 e. The normalized spacial score (nSPS) is 14.7. The average molecular weight is 1530 g/mol. The van der Waals surface area contributed by atoms with E-state index in [1.807, 2.05) is 13.8 Å². The summed E-state index contributed by atoms with van der Waals surface area (Å²) in [6, 6.07) is -14.6. The Kier molecular flexibility index (Phi) is 46.5. The molecule has 0 fully saturated rings. The highest BCUT2D eigenvalue weighted by Crippen LogP contribution is 2.16. The summed E-state index contributed by atoms with van der Waals surface area (Å²) in [5.74, 6) is -14.4. The van der Waals surface area contributed by atoms with Crippen molar-refractivity contribution < 1.29 is 71.9 Å². The predicted octanol–water partition coefficient (Wildman–Crippen LogP) is -3.39. The molecule has 0 spiro atoms. The van der Waals surface area contributed by atoms with Gasteiger partial charge in [-0.05, 0) is 131 Å². The number of hydrogen-bond donors (Lipinski definition) is 20. The van der Waals surface area contributed by atoms with E-state index in [1.165, 1.54) is 13.8 Å². The fraction of sp³-hybridized carbons (Fsp3) is 0.761. The lowest BCUT2D eigenvalue weighted by atomic mass is 9.98. The monoisotopic (exact) mass is 1530 g/mol. The van der Waals surface area contributed by atoms with Gasteiger partial charge in [0.05, 0.1) is 13.1 Å². The molecule has 0 heterocycles. The van der Waals surface area contributed by atoms with Crippen LogP contribution < -0.4 is 109 Å². The Hall–Kier alpha value is -9.45. The maximum absolute atomic E-state index is 14.5. The number of nitrogens with one attached hydrogen (secondary N) is 14. The number of carbonyl (C=O) groups excluding carboxylic acids is 15. The van der Waals surface area contributed by atoms with Gasteiger partial charge in [0.2, 0.25) is 88.6 Å². The zero-order valence-electron chi connectivity index (χ0n) is 66.8. The van der Waals surface area contributed by atoms with Gasteiger partial charge in [-0.2, -0.15) is 0 Å². The molecule has 0 radical (unpaired) electrons. The first-order valence-electron chi connectivity index (χ1n) is 37.5. The van der Waals surface area contributed by atoms with Gasteiger partial charge in [-0.3, -0.25) is 81.9 Å². The van der Waals surface area contributed by atoms with Crippen LogP contribution >= 0.6 is 0 Å². The Labute approximate surface area is 636 Å². The molecule has 26 N–H and O–H groups in total. The number of unbranched alkanes of at least 4 members (excludes halogenated alkanes) is 1. The Balaban J connectivity index is 6.81. The van der Waals surface area contributed by atoms with E-state index in [0.717, 1.165) is 0 Å². The molecular weight excluding hydrogens is 1400 g/mol. The second-order valence-electron chi connectivity index (χ2n) is 30.4. The largest absolute Gasteiger partial charge is 0.370 e. The second-order valence-corrected chi connectivity index (χ2v) is 30.4. The molecule has 37 nitrogen and oxygen atoms in total. The van der Waals surface area contributed by atoms with Crippen molar-refractivity contribution in [3.05, 3.63) is 0 Å². The number of nitrogens with two attached hydrogens (primary N) is 6. The first-order chi connectivity index (χ1) is 50.2. The molecule has 616 valence electrons. The molecule has 0 unspecified atom stereocenters. The van der Waals surface area contributed by atoms with Gasteiger partial charge in [-0.1, -0.05) is 111 Å². The van der Waals surface area contributed by atoms with Crippen molar-refractivity contribution in [2.24, 2.45) is 91.7 Å². The van der Waals surface area contributed by atoms with Gasteiger partial charge in [0.15, 0.2) is 11.9 Å². The van der Waals surface area contributed by atoms with Crippen LogP contribution in [0.5, 0.6) is 0 Å². The number of hydrogen-bond acceptors (Lipinski definition) is 18. The summed E-state index contributed by atoms with van der Waals surface area (Å²) in [5, 5.41) is 36.9. The molecule has 0 bridgehead atoms. The van der Waals surface area contributed by atoms with Gasteiger partial charge in [0.25, 0.3) is 0 Å². The average Bonchev–Trinajstić information content (AvgIpc) is 0.874. The third-order valence-corrected chi connectivity index (χ3v) is 16.8. The van der Waals surface area contributed by atoms with Crippen molar-refractivity contribution in [2.75, 3.05) is 32.7 Å². The zero-order valence-corrected chi connectivity index (χ0v) is 66.8. The molecule has 0 saturated heterocycles. The van der Waals surface area contributed by atoms with Crippen LogP contribution in [0.4, 0.5) is 0 Å². The van der Waals surface area contributed by atoms with E-state index in [1.54, 1.807) is 96.9 Å². The van der Waals surface area contributed by atoms with Crippen LogP contribution in [-0.4, -0.2) is 206 Å². The zero-order chi connectivity index (χ0) is 83.0. The summed E-state index contributed by atoms with van der Waals surface area (Å²) < 4.78 is 0. The summed E-state index contributed by atoms with van der Waals surface area (Å²) in [4.78, 5) is 213. The van der Waals surface area contributed by atoms with Gasteiger partial charge in [-0.15, -0.1) is 0 Å². The molecule has 12 atom stereocenters. The third kappa shape index (κ3) is 40.5. The number of rotatable bonds is 52. The third-order valence-electron chi connectivity index (χ3n) is 16.8. The Bertz CT molecular complexity index is 3030. The number of guanidine groups is 2. The Morgan fingerprint density at radius 3 is 0.861 bits per heavy atom. The minimum Gasteiger partial charge on any atom is -0.370 e. The smallest absolute Gasteiger partial charge is 0.243 e. The minimum atomic E-state index is -1.35. The van der Waals surface area contributed by atoms with Gasteiger partial charge in [0, 0.05) is 20.0 Å². The SMILES string of the molecule is CC(=O)N[C@@H](C)C(=O)N[C@H](C(=O)N[C@@H](CC(C)C)C(=O)NCC(=O)N[C@@H](CCCN=C(N)N)C(=O)N[C@@H](CC(C)C)C(=O)N[C@H](C(=O)N[C@@H](CCCCN)C(=O)N[C@H](C(=O)N[C@@H](CC(C)C)C(=O)NCC(=O)N[C@@H](CCCN=C(N)N)C(=O)N[C@@H](CC(C)C)C(=O)N[C@H](C(N)=O)C(C)C)C(C)C)C(C)C)C(C)C. The quantitative estimate of drug-likeness (QED) is 0.0160. The lowest BCUT2D eigenvalue weighted by Crippen LogP contribution is -2.61. The lowest BCUT2D eigenvalue weighted by Gasteiger charge is -2.30. The van der Waals surface area contributed by atoms with E-state index in [2.05, 4.69) is 84.4 Å². The molecule has 37 heteroatoms. The number of primary amides is 1. The van der Waals surface area contributed by atoms with Gasteiger partial charge >= 0.3 is 0 Å². The molecule has 0 rings (SSSR count). The number of nitrogens with zero attached hydrogens (tertiary/aromatic N) is 2. The Morgan fingerprint density at radius 1 is 0.296 bits per heavy atom. The van der Waals surface area contributed by atoms with Gasteiger partial charge < -0.3 is 109 Å². The van der Waals surface area contributed by atoms with Crippen molar-refractivity contribution in [3.8, 4) is 0 Å². The van der Waals surface area contributed by atoms with E-state index < -0.39 is 192 Å². The lowest BCUT2D eigenvalue weighted by molar-refractivity contribution is -0.136. The van der Waals surface area contributed by atoms with Crippen molar-refractivity contribution in [3.63, 3.8) is 0 Å². The highest BCUT2D eigenvalue weighted by atomic mass is 16.2. The van der Waals surface area contributed by atoms with Crippen LogP contribution in [0.25, 0.3) is 0 Å². The van der Waals surface area contributed by atoms with E-state index in [4.69, 9.17) is 34.4 Å². The number of amides is 15. The molecular formula is C71H132N22O15. The second kappa shape index (κ2) is 51.0. The summed E-state index contributed by atoms with van der Waals surface area (Å²) >= 11 is 0. The molecule has 108 heavy (non-hydrogen) atoms. The summed E-state index contributed by atoms with van der Waals surface area (Å²) in [6.07, 6.45) is 1.36. The van der Waals surface area contributed by atoms with Crippen molar-refractivity contribution in [2.45, 2.75) is 268 Å². The van der Waals surface area contributed by atoms with Crippen LogP contribution in [0.2, 0.25) is 0 Å². The molecule has 0 aliphatic carbocycles. The van der Waals surface area contributed by atoms with Crippen LogP contribution in [0, 0.1) is 47.3 Å². The van der Waals surface area contributed by atoms with Crippen molar-refractivity contribution >= 4 is 101 Å². The standard InChI is InChI=1S/C71H132N22O15/c1-35(2)29-48(88-68(107)55(40(11)12)91-59(98)43(17)82-44(18)94)60(99)80-33-53(96)84-46(25-22-28-79-71(76)77)63(102)87-51(32-38(7)8)66(105)93-56(41(13)14)67(106)85-47(23-19-20-26-72)64(103)92-57(42(15)16)69(108)89-49(30-36(3)4)61(100)81-34-52(95)83-45(24-21-27-78-70(74)75)62(101)86-50(31-37(5)6)65(104)90-54(39(9)10)58(73)97/h35-43,45-51,54-57H,19-34,72H2,1-18H3,(H2,73,97)(H,80,99)(H,81,100)(H,82,94)(H,83,95)(H,84,96)(H,85,106)(H,86,101)(H,87,102)(H,88,107)(H,89,108)(H,90,104)(H,91,98)(H,92,103)(H,93,105)(H4,74,75,78)(H4,76,77,79)/t43-,45-,46-,47-,48-,49-,50-,51-,54-,55-,56-,57-/m0/s1. The first-order valence-corrected chi connectivity index (χ1v) is 37.5. The van der Waals surface area contributed by atoms with Crippen molar-refractivity contribution in [1.82, 2.24) is 74.4 Å². The summed E-state index contributed by atoms with van der Waals surface area (Å²) in [5.41, 5.74) is 33.5. The van der Waals surface area contributed by atoms with E-state index in [0.29, 0.717) is 12.8 Å². The predicted molar refractivity (Wildman–Crippen MR) is 410 cm³/mol. The van der Waals surface area contributed by atoms with E-state index >= 15 is 0 Å². The van der Waals surface area contributed by atoms with Crippen molar-refractivity contribution in [1.29, 1.82) is 0 Å². The van der Waals surface area contributed by atoms with E-state index in [-0.39, 0.29) is 119 Å². The van der Waals surface area contributed by atoms with E-state index in [9.17, 15) is 71.9 Å². The molecule has 0 aliphatic rings. The van der Waals surface area contributed by atoms with Gasteiger partial charge in [0.1, 0.15) is 72.5 Å². The molecule has 0 saturated carbocycles. The molecule has 0 aromatic heterocycles. The van der Waals surface area contributed by atoms with Crippen LogP contribution in [-0.2, 0) is 71.9 Å². The summed E-state index contributed by atoms with van der Waals surface area (Å²) in [6.45, 7) is 29.4. The summed E-state index contributed by atoms with van der Waals surface area (Å²) in [7, 11) is 0. The highest BCUT2D eigenvalue weighted by Gasteiger charge is 2.38. The van der Waals surface area contributed by atoms with Crippen LogP contribution in [0.3, 0.4) is 0 Å².